The van der Waals surface area contributed by atoms with E-state index in [2.05, 4.69) is 10.1 Å². The molecule has 1 amide bonds. The van der Waals surface area contributed by atoms with Crippen LogP contribution in [0, 0.1) is 11.7 Å². The lowest BCUT2D eigenvalue weighted by molar-refractivity contribution is 0.0736. The number of halogens is 1. The van der Waals surface area contributed by atoms with Gasteiger partial charge in [-0.25, -0.2) is 13.9 Å². The minimum atomic E-state index is -0.283. The van der Waals surface area contributed by atoms with E-state index in [0.29, 0.717) is 50.6 Å². The standard InChI is InChI=1S/C26H25FN4O3/c27-22-6-4-19(5-7-22)18-34-24-3-1-2-21(15-24)26(32)30-12-13-33-17-20(16-30)14-23-8-9-25-28-10-11-31(25)29-23/h1-11,15,20H,12-14,16-18H2/t20-/m1/s1. The van der Waals surface area contributed by atoms with Crippen LogP contribution in [0.3, 0.4) is 0 Å². The highest BCUT2D eigenvalue weighted by atomic mass is 19.1. The molecule has 2 aromatic carbocycles. The molecule has 4 aromatic rings. The lowest BCUT2D eigenvalue weighted by atomic mass is 10.0. The fraction of sp³-hybridized carbons (Fsp3) is 0.269. The lowest BCUT2D eigenvalue weighted by Gasteiger charge is -2.24. The number of amides is 1. The van der Waals surface area contributed by atoms with E-state index >= 15 is 0 Å². The Morgan fingerprint density at radius 2 is 2.03 bits per heavy atom. The maximum atomic E-state index is 13.3. The highest BCUT2D eigenvalue weighted by Crippen LogP contribution is 2.20. The van der Waals surface area contributed by atoms with E-state index in [1.165, 1.54) is 12.1 Å². The van der Waals surface area contributed by atoms with Crippen molar-refractivity contribution >= 4 is 11.6 Å². The molecular formula is C26H25FN4O3. The minimum Gasteiger partial charge on any atom is -0.489 e. The van der Waals surface area contributed by atoms with Crippen LogP contribution >= 0.6 is 0 Å². The molecule has 0 spiro atoms. The first kappa shape index (κ1) is 22.0. The number of fused-ring (bicyclic) bond motifs is 1. The number of ether oxygens (including phenoxy) is 2. The van der Waals surface area contributed by atoms with Crippen LogP contribution in [0.5, 0.6) is 5.75 Å². The number of nitrogens with zero attached hydrogens (tertiary/aromatic N) is 4. The van der Waals surface area contributed by atoms with Gasteiger partial charge in [0.25, 0.3) is 5.91 Å². The van der Waals surface area contributed by atoms with Crippen LogP contribution < -0.4 is 4.74 Å². The zero-order valence-electron chi connectivity index (χ0n) is 18.6. The van der Waals surface area contributed by atoms with Gasteiger partial charge in [-0.2, -0.15) is 5.10 Å². The first-order valence-corrected chi connectivity index (χ1v) is 11.3. The molecule has 8 heteroatoms. The van der Waals surface area contributed by atoms with Crippen LogP contribution in [0.2, 0.25) is 0 Å². The topological polar surface area (TPSA) is 69.0 Å². The van der Waals surface area contributed by atoms with Gasteiger partial charge in [-0.15, -0.1) is 0 Å². The number of hydrogen-bond acceptors (Lipinski definition) is 5. The highest BCUT2D eigenvalue weighted by Gasteiger charge is 2.24. The molecule has 5 rings (SSSR count). The van der Waals surface area contributed by atoms with E-state index in [4.69, 9.17) is 9.47 Å². The third kappa shape index (κ3) is 5.23. The third-order valence-electron chi connectivity index (χ3n) is 5.83. The summed E-state index contributed by atoms with van der Waals surface area (Å²) in [6, 6.07) is 17.3. The molecule has 0 radical (unpaired) electrons. The van der Waals surface area contributed by atoms with Crippen LogP contribution in [-0.2, 0) is 17.8 Å². The van der Waals surface area contributed by atoms with E-state index in [9.17, 15) is 9.18 Å². The first-order valence-electron chi connectivity index (χ1n) is 11.3. The molecule has 7 nitrogen and oxygen atoms in total. The molecule has 2 aromatic heterocycles. The van der Waals surface area contributed by atoms with Gasteiger partial charge in [-0.05, 0) is 54.4 Å². The van der Waals surface area contributed by atoms with Crippen LogP contribution in [0.1, 0.15) is 21.6 Å². The summed E-state index contributed by atoms with van der Waals surface area (Å²) in [5.74, 6) is 0.392. The van der Waals surface area contributed by atoms with Crippen LogP contribution in [0.15, 0.2) is 73.1 Å². The average molecular weight is 461 g/mol. The number of carbonyl (C=O) groups excluding carboxylic acids is 1. The number of rotatable bonds is 6. The normalized spacial score (nSPS) is 16.4. The van der Waals surface area contributed by atoms with Crippen molar-refractivity contribution < 1.29 is 18.7 Å². The van der Waals surface area contributed by atoms with Crippen molar-refractivity contribution in [1.82, 2.24) is 19.5 Å². The van der Waals surface area contributed by atoms with Gasteiger partial charge < -0.3 is 14.4 Å². The molecule has 0 bridgehead atoms. The van der Waals surface area contributed by atoms with E-state index in [1.807, 2.05) is 35.4 Å². The predicted molar refractivity (Wildman–Crippen MR) is 124 cm³/mol. The Labute approximate surface area is 196 Å². The SMILES string of the molecule is O=C(c1cccc(OCc2ccc(F)cc2)c1)N1CCOC[C@H](Cc2ccc3nccn3n2)C1. The number of carbonyl (C=O) groups is 1. The summed E-state index contributed by atoms with van der Waals surface area (Å²) >= 11 is 0. The number of hydrogen-bond donors (Lipinski definition) is 0. The van der Waals surface area contributed by atoms with Crippen molar-refractivity contribution in [2.45, 2.75) is 13.0 Å². The Balaban J connectivity index is 1.24. The maximum absolute atomic E-state index is 13.3. The van der Waals surface area contributed by atoms with Gasteiger partial charge in [0.05, 0.1) is 18.9 Å². The van der Waals surface area contributed by atoms with Gasteiger partial charge in [0.15, 0.2) is 5.65 Å². The summed E-state index contributed by atoms with van der Waals surface area (Å²) < 4.78 is 26.5. The van der Waals surface area contributed by atoms with Gasteiger partial charge in [0.1, 0.15) is 18.2 Å². The fourth-order valence-electron chi connectivity index (χ4n) is 4.10. The maximum Gasteiger partial charge on any atom is 0.254 e. The second-order valence-corrected chi connectivity index (χ2v) is 8.39. The van der Waals surface area contributed by atoms with Gasteiger partial charge >= 0.3 is 0 Å². The van der Waals surface area contributed by atoms with E-state index in [1.54, 1.807) is 35.0 Å². The number of aromatic nitrogens is 3. The van der Waals surface area contributed by atoms with Crippen molar-refractivity contribution in [3.05, 3.63) is 95.7 Å². The van der Waals surface area contributed by atoms with Crippen LogP contribution in [0.25, 0.3) is 5.65 Å². The average Bonchev–Trinajstić information content (AvgIpc) is 3.20. The molecule has 1 aliphatic heterocycles. The summed E-state index contributed by atoms with van der Waals surface area (Å²) in [7, 11) is 0. The Morgan fingerprint density at radius 3 is 2.91 bits per heavy atom. The molecule has 1 saturated heterocycles. The van der Waals surface area contributed by atoms with Crippen molar-refractivity contribution in [3.63, 3.8) is 0 Å². The zero-order chi connectivity index (χ0) is 23.3. The van der Waals surface area contributed by atoms with Gasteiger partial charge in [-0.1, -0.05) is 18.2 Å². The summed E-state index contributed by atoms with van der Waals surface area (Å²) in [6.45, 7) is 2.49. The Bertz CT molecular complexity index is 1270. The molecule has 1 aliphatic rings. The zero-order valence-corrected chi connectivity index (χ0v) is 18.6. The molecule has 0 saturated carbocycles. The van der Waals surface area contributed by atoms with Crippen molar-refractivity contribution in [2.75, 3.05) is 26.3 Å². The van der Waals surface area contributed by atoms with Crippen LogP contribution in [0.4, 0.5) is 4.39 Å². The second-order valence-electron chi connectivity index (χ2n) is 8.39. The Morgan fingerprint density at radius 1 is 1.15 bits per heavy atom. The van der Waals surface area contributed by atoms with Crippen molar-refractivity contribution in [1.29, 1.82) is 0 Å². The van der Waals surface area contributed by atoms with Crippen LogP contribution in [-0.4, -0.2) is 51.7 Å². The number of imidazole rings is 1. The molecular weight excluding hydrogens is 435 g/mol. The molecule has 1 atom stereocenters. The molecule has 34 heavy (non-hydrogen) atoms. The lowest BCUT2D eigenvalue weighted by Crippen LogP contribution is -2.36. The molecule has 174 valence electrons. The van der Waals surface area contributed by atoms with Crippen molar-refractivity contribution in [2.24, 2.45) is 5.92 Å². The predicted octanol–water partition coefficient (Wildman–Crippen LogP) is 3.78. The molecule has 3 heterocycles. The summed E-state index contributed by atoms with van der Waals surface area (Å²) in [5.41, 5.74) is 3.16. The van der Waals surface area contributed by atoms with E-state index in [0.717, 1.165) is 16.9 Å². The summed E-state index contributed by atoms with van der Waals surface area (Å²) in [6.07, 6.45) is 4.25. The molecule has 0 N–H and O–H groups in total. The Kier molecular flexibility index (Phi) is 6.49. The molecule has 0 aliphatic carbocycles. The smallest absolute Gasteiger partial charge is 0.254 e. The van der Waals surface area contributed by atoms with Gasteiger partial charge in [0, 0.05) is 37.0 Å². The molecule has 0 unspecified atom stereocenters. The molecule has 1 fully saturated rings. The van der Waals surface area contributed by atoms with Gasteiger partial charge in [-0.3, -0.25) is 4.79 Å². The monoisotopic (exact) mass is 460 g/mol. The third-order valence-corrected chi connectivity index (χ3v) is 5.83. The Hall–Kier alpha value is -3.78. The second kappa shape index (κ2) is 10.0. The minimum absolute atomic E-state index is 0.0549. The first-order chi connectivity index (χ1) is 16.6. The van der Waals surface area contributed by atoms with E-state index < -0.39 is 0 Å². The summed E-state index contributed by atoms with van der Waals surface area (Å²) in [5, 5.41) is 4.61. The number of benzene rings is 2. The largest absolute Gasteiger partial charge is 0.489 e. The van der Waals surface area contributed by atoms with E-state index in [-0.39, 0.29) is 17.6 Å². The summed E-state index contributed by atoms with van der Waals surface area (Å²) in [4.78, 5) is 19.4. The van der Waals surface area contributed by atoms with Crippen molar-refractivity contribution in [3.8, 4) is 5.75 Å². The fourth-order valence-corrected chi connectivity index (χ4v) is 4.10. The quantitative estimate of drug-likeness (QED) is 0.438. The van der Waals surface area contributed by atoms with Gasteiger partial charge in [0.2, 0.25) is 0 Å². The highest BCUT2D eigenvalue weighted by molar-refractivity contribution is 5.94.